The number of Topliss-reactive ketones (excluding diaryl/α,β-unsaturated/α-hetero) is 1. The summed E-state index contributed by atoms with van der Waals surface area (Å²) < 4.78 is 0. The lowest BCUT2D eigenvalue weighted by Crippen LogP contribution is -2.06. The Morgan fingerprint density at radius 1 is 1.54 bits per heavy atom. The van der Waals surface area contributed by atoms with Gasteiger partial charge in [-0.05, 0) is 30.5 Å². The summed E-state index contributed by atoms with van der Waals surface area (Å²) in [6.07, 6.45) is 1.72. The molecular weight excluding hydrogens is 164 g/mol. The van der Waals surface area contributed by atoms with Crippen LogP contribution in [0, 0.1) is 5.92 Å². The summed E-state index contributed by atoms with van der Waals surface area (Å²) in [4.78, 5) is 11.7. The Bertz CT molecular complexity index is 355. The summed E-state index contributed by atoms with van der Waals surface area (Å²) in [5.41, 5.74) is 1.79. The quantitative estimate of drug-likeness (QED) is 0.711. The van der Waals surface area contributed by atoms with Crippen molar-refractivity contribution in [2.24, 2.45) is 5.92 Å². The van der Waals surface area contributed by atoms with Crippen molar-refractivity contribution in [3.63, 3.8) is 0 Å². The first-order chi connectivity index (χ1) is 6.22. The highest BCUT2D eigenvalue weighted by Crippen LogP contribution is 2.30. The van der Waals surface area contributed by atoms with Gasteiger partial charge >= 0.3 is 0 Å². The SMILES string of the molecule is CCC1Cc2ccc(O)cc2C1=O. The first-order valence-corrected chi connectivity index (χ1v) is 4.58. The topological polar surface area (TPSA) is 37.3 Å². The molecule has 1 aliphatic carbocycles. The lowest BCUT2D eigenvalue weighted by atomic mass is 10.0. The molecule has 1 atom stereocenters. The molecule has 2 heteroatoms. The molecule has 0 spiro atoms. The zero-order valence-corrected chi connectivity index (χ0v) is 7.58. The van der Waals surface area contributed by atoms with E-state index in [1.54, 1.807) is 12.1 Å². The minimum atomic E-state index is 0.136. The van der Waals surface area contributed by atoms with Crippen molar-refractivity contribution in [3.8, 4) is 5.75 Å². The van der Waals surface area contributed by atoms with E-state index in [4.69, 9.17) is 0 Å². The second-order valence-electron chi connectivity index (χ2n) is 3.51. The Kier molecular flexibility index (Phi) is 1.83. The van der Waals surface area contributed by atoms with Crippen LogP contribution < -0.4 is 0 Å². The Morgan fingerprint density at radius 3 is 3.00 bits per heavy atom. The van der Waals surface area contributed by atoms with Gasteiger partial charge in [-0.15, -0.1) is 0 Å². The van der Waals surface area contributed by atoms with Crippen LogP contribution in [0.25, 0.3) is 0 Å². The van der Waals surface area contributed by atoms with E-state index in [1.807, 2.05) is 13.0 Å². The van der Waals surface area contributed by atoms with Crippen molar-refractivity contribution < 1.29 is 9.90 Å². The maximum atomic E-state index is 11.7. The monoisotopic (exact) mass is 176 g/mol. The standard InChI is InChI=1S/C11H12O2/c1-2-7-5-8-3-4-9(12)6-10(8)11(7)13/h3-4,6-7,12H,2,5H2,1H3. The molecule has 1 aliphatic rings. The number of ketones is 1. The van der Waals surface area contributed by atoms with Gasteiger partial charge in [0, 0.05) is 11.5 Å². The van der Waals surface area contributed by atoms with Crippen molar-refractivity contribution in [2.75, 3.05) is 0 Å². The van der Waals surface area contributed by atoms with Crippen LogP contribution in [0.1, 0.15) is 29.3 Å². The average molecular weight is 176 g/mol. The number of fused-ring (bicyclic) bond motifs is 1. The van der Waals surface area contributed by atoms with E-state index in [0.717, 1.165) is 18.4 Å². The van der Waals surface area contributed by atoms with Crippen LogP contribution in [0.5, 0.6) is 5.75 Å². The van der Waals surface area contributed by atoms with E-state index >= 15 is 0 Å². The van der Waals surface area contributed by atoms with Crippen molar-refractivity contribution in [3.05, 3.63) is 29.3 Å². The molecule has 0 saturated heterocycles. The molecule has 0 fully saturated rings. The van der Waals surface area contributed by atoms with E-state index in [1.165, 1.54) is 0 Å². The molecule has 1 aromatic rings. The number of phenolic OH excluding ortho intramolecular Hbond substituents is 1. The van der Waals surface area contributed by atoms with E-state index in [-0.39, 0.29) is 17.5 Å². The van der Waals surface area contributed by atoms with Crippen LogP contribution in [0.15, 0.2) is 18.2 Å². The van der Waals surface area contributed by atoms with Crippen molar-refractivity contribution in [1.29, 1.82) is 0 Å². The molecule has 1 N–H and O–H groups in total. The zero-order valence-electron chi connectivity index (χ0n) is 7.58. The summed E-state index contributed by atoms with van der Waals surface area (Å²) in [5.74, 6) is 0.508. The number of hydrogen-bond donors (Lipinski definition) is 1. The maximum absolute atomic E-state index is 11.7. The normalized spacial score (nSPS) is 20.4. The third kappa shape index (κ3) is 1.22. The Labute approximate surface area is 77.2 Å². The average Bonchev–Trinajstić information content (AvgIpc) is 2.44. The van der Waals surface area contributed by atoms with E-state index in [2.05, 4.69) is 0 Å². The predicted molar refractivity (Wildman–Crippen MR) is 49.9 cm³/mol. The molecular formula is C11H12O2. The van der Waals surface area contributed by atoms with E-state index < -0.39 is 0 Å². The first-order valence-electron chi connectivity index (χ1n) is 4.58. The number of aromatic hydroxyl groups is 1. The second-order valence-corrected chi connectivity index (χ2v) is 3.51. The summed E-state index contributed by atoms with van der Waals surface area (Å²) >= 11 is 0. The molecule has 0 amide bonds. The molecule has 2 nitrogen and oxygen atoms in total. The number of carbonyl (C=O) groups excluding carboxylic acids is 1. The number of hydrogen-bond acceptors (Lipinski definition) is 2. The Balaban J connectivity index is 2.45. The Morgan fingerprint density at radius 2 is 2.31 bits per heavy atom. The molecule has 0 bridgehead atoms. The van der Waals surface area contributed by atoms with E-state index in [0.29, 0.717) is 5.56 Å². The third-order valence-corrected chi connectivity index (χ3v) is 2.69. The van der Waals surface area contributed by atoms with Crippen LogP contribution in [0.4, 0.5) is 0 Å². The fourth-order valence-corrected chi connectivity index (χ4v) is 1.88. The van der Waals surface area contributed by atoms with Crippen molar-refractivity contribution in [1.82, 2.24) is 0 Å². The summed E-state index contributed by atoms with van der Waals surface area (Å²) in [6, 6.07) is 5.07. The maximum Gasteiger partial charge on any atom is 0.166 e. The number of phenols is 1. The lowest BCUT2D eigenvalue weighted by molar-refractivity contribution is 0.0934. The predicted octanol–water partition coefficient (Wildman–Crippen LogP) is 2.16. The minimum absolute atomic E-state index is 0.136. The van der Waals surface area contributed by atoms with Gasteiger partial charge in [0.15, 0.2) is 5.78 Å². The Hall–Kier alpha value is -1.31. The molecule has 0 radical (unpaired) electrons. The van der Waals surface area contributed by atoms with Gasteiger partial charge in [0.25, 0.3) is 0 Å². The van der Waals surface area contributed by atoms with Crippen LogP contribution in [0.3, 0.4) is 0 Å². The van der Waals surface area contributed by atoms with Crippen LogP contribution >= 0.6 is 0 Å². The molecule has 2 rings (SSSR count). The smallest absolute Gasteiger partial charge is 0.166 e. The van der Waals surface area contributed by atoms with Gasteiger partial charge in [-0.25, -0.2) is 0 Å². The summed E-state index contributed by atoms with van der Waals surface area (Å²) in [6.45, 7) is 2.02. The number of rotatable bonds is 1. The van der Waals surface area contributed by atoms with Crippen molar-refractivity contribution in [2.45, 2.75) is 19.8 Å². The molecule has 0 aliphatic heterocycles. The fraction of sp³-hybridized carbons (Fsp3) is 0.364. The summed E-state index contributed by atoms with van der Waals surface area (Å²) in [7, 11) is 0. The minimum Gasteiger partial charge on any atom is -0.508 e. The lowest BCUT2D eigenvalue weighted by Gasteiger charge is -2.00. The van der Waals surface area contributed by atoms with Gasteiger partial charge in [-0.3, -0.25) is 4.79 Å². The fourth-order valence-electron chi connectivity index (χ4n) is 1.88. The van der Waals surface area contributed by atoms with Gasteiger partial charge in [0.05, 0.1) is 0 Å². The first kappa shape index (κ1) is 8.30. The molecule has 1 aromatic carbocycles. The molecule has 1 unspecified atom stereocenters. The number of carbonyl (C=O) groups is 1. The highest BCUT2D eigenvalue weighted by Gasteiger charge is 2.28. The molecule has 68 valence electrons. The zero-order chi connectivity index (χ0) is 9.42. The molecule has 0 aromatic heterocycles. The third-order valence-electron chi connectivity index (χ3n) is 2.69. The van der Waals surface area contributed by atoms with Crippen molar-refractivity contribution >= 4 is 5.78 Å². The van der Waals surface area contributed by atoms with Gasteiger partial charge < -0.3 is 5.11 Å². The van der Waals surface area contributed by atoms with Crippen LogP contribution in [-0.4, -0.2) is 10.9 Å². The second kappa shape index (κ2) is 2.87. The highest BCUT2D eigenvalue weighted by molar-refractivity contribution is 6.02. The van der Waals surface area contributed by atoms with Crippen LogP contribution in [-0.2, 0) is 6.42 Å². The van der Waals surface area contributed by atoms with Gasteiger partial charge in [0.1, 0.15) is 5.75 Å². The molecule has 0 heterocycles. The molecule has 0 saturated carbocycles. The van der Waals surface area contributed by atoms with Crippen LogP contribution in [0.2, 0.25) is 0 Å². The largest absolute Gasteiger partial charge is 0.508 e. The molecule has 13 heavy (non-hydrogen) atoms. The summed E-state index contributed by atoms with van der Waals surface area (Å²) in [5, 5.41) is 9.22. The van der Waals surface area contributed by atoms with Gasteiger partial charge in [-0.2, -0.15) is 0 Å². The van der Waals surface area contributed by atoms with E-state index in [9.17, 15) is 9.90 Å². The van der Waals surface area contributed by atoms with Gasteiger partial charge in [0.2, 0.25) is 0 Å². The van der Waals surface area contributed by atoms with Gasteiger partial charge in [-0.1, -0.05) is 13.0 Å². The highest BCUT2D eigenvalue weighted by atomic mass is 16.3. The number of benzene rings is 1.